The Morgan fingerprint density at radius 2 is 1.76 bits per heavy atom. The van der Waals surface area contributed by atoms with Crippen molar-refractivity contribution in [1.82, 2.24) is 5.06 Å². The third-order valence-corrected chi connectivity index (χ3v) is 2.06. The van der Waals surface area contributed by atoms with Gasteiger partial charge in [-0.05, 0) is 0 Å². The van der Waals surface area contributed by atoms with E-state index in [1.807, 2.05) is 0 Å². The van der Waals surface area contributed by atoms with Gasteiger partial charge in [0.05, 0.1) is 6.42 Å². The quantitative estimate of drug-likeness (QED) is 0.496. The van der Waals surface area contributed by atoms with Gasteiger partial charge in [-0.2, -0.15) is 0 Å². The van der Waals surface area contributed by atoms with Crippen molar-refractivity contribution in [2.75, 3.05) is 6.61 Å². The van der Waals surface area contributed by atoms with Crippen molar-refractivity contribution in [3.05, 3.63) is 0 Å². The second-order valence-corrected chi connectivity index (χ2v) is 3.37. The van der Waals surface area contributed by atoms with Gasteiger partial charge >= 0.3 is 11.9 Å². The Bertz CT molecular complexity index is 335. The first-order valence-corrected chi connectivity index (χ1v) is 5.26. The van der Waals surface area contributed by atoms with Gasteiger partial charge in [-0.15, -0.1) is 5.06 Å². The molecule has 0 atom stereocenters. The van der Waals surface area contributed by atoms with E-state index in [9.17, 15) is 19.2 Å². The maximum Gasteiger partial charge on any atom is 0.336 e. The summed E-state index contributed by atoms with van der Waals surface area (Å²) in [6.45, 7) is 1.50. The summed E-state index contributed by atoms with van der Waals surface area (Å²) in [6.07, 6.45) is 0.134. The van der Waals surface area contributed by atoms with E-state index >= 15 is 0 Å². The first kappa shape index (κ1) is 13.1. The van der Waals surface area contributed by atoms with Crippen molar-refractivity contribution in [2.24, 2.45) is 0 Å². The number of ether oxygens (including phenoxy) is 1. The zero-order valence-electron chi connectivity index (χ0n) is 9.43. The van der Waals surface area contributed by atoms with Crippen LogP contribution in [-0.4, -0.2) is 35.4 Å². The van der Waals surface area contributed by atoms with E-state index in [-0.39, 0.29) is 32.3 Å². The minimum atomic E-state index is -0.780. The highest BCUT2D eigenvalue weighted by atomic mass is 16.7. The Hall–Kier alpha value is -1.92. The van der Waals surface area contributed by atoms with Crippen LogP contribution in [0.2, 0.25) is 0 Å². The highest BCUT2D eigenvalue weighted by Gasteiger charge is 2.32. The largest absolute Gasteiger partial charge is 0.465 e. The lowest BCUT2D eigenvalue weighted by Gasteiger charge is -2.12. The number of imide groups is 1. The van der Waals surface area contributed by atoms with Crippen molar-refractivity contribution >= 4 is 23.8 Å². The summed E-state index contributed by atoms with van der Waals surface area (Å²) in [5.41, 5.74) is 0. The number of amides is 2. The number of carbonyl (C=O) groups excluding carboxylic acids is 4. The number of esters is 1. The lowest BCUT2D eigenvalue weighted by atomic mass is 10.4. The monoisotopic (exact) mass is 243 g/mol. The topological polar surface area (TPSA) is 90.0 Å². The Morgan fingerprint density at radius 3 is 2.29 bits per heavy atom. The SMILES string of the molecule is CCC(=O)OCCC(=O)ON1C(=O)CCC1=O. The molecule has 1 fully saturated rings. The maximum absolute atomic E-state index is 11.2. The summed E-state index contributed by atoms with van der Waals surface area (Å²) < 4.78 is 4.65. The molecular formula is C10H13NO6. The molecular weight excluding hydrogens is 230 g/mol. The molecule has 1 rings (SSSR count). The van der Waals surface area contributed by atoms with Gasteiger partial charge in [0, 0.05) is 19.3 Å². The van der Waals surface area contributed by atoms with Crippen LogP contribution in [0.15, 0.2) is 0 Å². The van der Waals surface area contributed by atoms with Gasteiger partial charge in [-0.1, -0.05) is 6.92 Å². The van der Waals surface area contributed by atoms with Crippen LogP contribution in [0.1, 0.15) is 32.6 Å². The molecule has 1 heterocycles. The molecule has 2 amide bonds. The fraction of sp³-hybridized carbons (Fsp3) is 0.600. The molecule has 0 unspecified atom stereocenters. The number of hydrogen-bond donors (Lipinski definition) is 0. The van der Waals surface area contributed by atoms with Gasteiger partial charge in [-0.25, -0.2) is 4.79 Å². The van der Waals surface area contributed by atoms with E-state index in [0.29, 0.717) is 5.06 Å². The van der Waals surface area contributed by atoms with Crippen molar-refractivity contribution in [3.8, 4) is 0 Å². The first-order valence-electron chi connectivity index (χ1n) is 5.26. The van der Waals surface area contributed by atoms with E-state index in [1.165, 1.54) is 0 Å². The predicted octanol–water partition coefficient (Wildman–Crippen LogP) is -0.0631. The van der Waals surface area contributed by atoms with E-state index in [2.05, 4.69) is 9.57 Å². The number of carbonyl (C=O) groups is 4. The molecule has 0 aromatic heterocycles. The molecule has 0 aromatic carbocycles. The number of rotatable bonds is 5. The van der Waals surface area contributed by atoms with Crippen LogP contribution in [0.3, 0.4) is 0 Å². The average Bonchev–Trinajstić information content (AvgIpc) is 2.60. The van der Waals surface area contributed by atoms with Gasteiger partial charge in [0.25, 0.3) is 11.8 Å². The van der Waals surface area contributed by atoms with Crippen LogP contribution in [0.25, 0.3) is 0 Å². The van der Waals surface area contributed by atoms with E-state index in [1.54, 1.807) is 6.92 Å². The van der Waals surface area contributed by atoms with Crippen LogP contribution in [0.4, 0.5) is 0 Å². The second-order valence-electron chi connectivity index (χ2n) is 3.37. The molecule has 0 radical (unpaired) electrons. The third-order valence-electron chi connectivity index (χ3n) is 2.06. The second kappa shape index (κ2) is 5.97. The van der Waals surface area contributed by atoms with Crippen LogP contribution in [0, 0.1) is 0 Å². The molecule has 94 valence electrons. The summed E-state index contributed by atoms with van der Waals surface area (Å²) in [5, 5.41) is 0.462. The molecule has 0 N–H and O–H groups in total. The Kier molecular flexibility index (Phi) is 4.62. The summed E-state index contributed by atoms with van der Waals surface area (Å²) in [5.74, 6) is -2.27. The Morgan fingerprint density at radius 1 is 1.18 bits per heavy atom. The van der Waals surface area contributed by atoms with E-state index in [0.717, 1.165) is 0 Å². The highest BCUT2D eigenvalue weighted by molar-refractivity contribution is 6.01. The maximum atomic E-state index is 11.2. The van der Waals surface area contributed by atoms with E-state index in [4.69, 9.17) is 0 Å². The number of nitrogens with zero attached hydrogens (tertiary/aromatic N) is 1. The fourth-order valence-corrected chi connectivity index (χ4v) is 1.16. The molecule has 0 saturated carbocycles. The highest BCUT2D eigenvalue weighted by Crippen LogP contribution is 2.12. The summed E-state index contributed by atoms with van der Waals surface area (Å²) >= 11 is 0. The van der Waals surface area contributed by atoms with Crippen molar-refractivity contribution in [2.45, 2.75) is 32.6 Å². The molecule has 0 spiro atoms. The molecule has 0 aliphatic carbocycles. The molecule has 1 aliphatic rings. The van der Waals surface area contributed by atoms with Crippen molar-refractivity contribution in [3.63, 3.8) is 0 Å². The van der Waals surface area contributed by atoms with Crippen molar-refractivity contribution < 1.29 is 28.8 Å². The molecule has 0 aromatic rings. The standard InChI is InChI=1S/C10H13NO6/c1-2-9(14)16-6-5-10(15)17-11-7(12)3-4-8(11)13/h2-6H2,1H3. The Balaban J connectivity index is 2.27. The van der Waals surface area contributed by atoms with Gasteiger partial charge in [0.15, 0.2) is 0 Å². The average molecular weight is 243 g/mol. The molecule has 17 heavy (non-hydrogen) atoms. The van der Waals surface area contributed by atoms with Crippen LogP contribution >= 0.6 is 0 Å². The summed E-state index contributed by atoms with van der Waals surface area (Å²) in [4.78, 5) is 48.7. The molecule has 0 bridgehead atoms. The minimum absolute atomic E-state index is 0.0525. The lowest BCUT2D eigenvalue weighted by molar-refractivity contribution is -0.198. The predicted molar refractivity (Wildman–Crippen MR) is 53.0 cm³/mol. The third kappa shape index (κ3) is 3.86. The smallest absolute Gasteiger partial charge is 0.336 e. The lowest BCUT2D eigenvalue weighted by Crippen LogP contribution is -2.32. The van der Waals surface area contributed by atoms with Gasteiger partial charge in [-0.3, -0.25) is 14.4 Å². The normalized spacial score (nSPS) is 15.0. The molecule has 1 aliphatic heterocycles. The molecule has 7 heteroatoms. The Labute approximate surface area is 97.6 Å². The van der Waals surface area contributed by atoms with Crippen molar-refractivity contribution in [1.29, 1.82) is 0 Å². The molecule has 1 saturated heterocycles. The summed E-state index contributed by atoms with van der Waals surface area (Å²) in [7, 11) is 0. The molecule has 7 nitrogen and oxygen atoms in total. The van der Waals surface area contributed by atoms with Gasteiger partial charge in [0.2, 0.25) is 0 Å². The van der Waals surface area contributed by atoms with E-state index < -0.39 is 23.8 Å². The van der Waals surface area contributed by atoms with Crippen LogP contribution in [-0.2, 0) is 28.8 Å². The number of hydrogen-bond acceptors (Lipinski definition) is 6. The number of hydroxylamine groups is 2. The zero-order valence-corrected chi connectivity index (χ0v) is 9.43. The van der Waals surface area contributed by atoms with Crippen LogP contribution in [0.5, 0.6) is 0 Å². The van der Waals surface area contributed by atoms with Gasteiger partial charge in [0.1, 0.15) is 6.61 Å². The van der Waals surface area contributed by atoms with Crippen LogP contribution < -0.4 is 0 Å². The fourth-order valence-electron chi connectivity index (χ4n) is 1.16. The zero-order chi connectivity index (χ0) is 12.8. The first-order chi connectivity index (χ1) is 8.04. The summed E-state index contributed by atoms with van der Waals surface area (Å²) in [6, 6.07) is 0. The minimum Gasteiger partial charge on any atom is -0.465 e. The van der Waals surface area contributed by atoms with Gasteiger partial charge < -0.3 is 9.57 Å².